The Labute approximate surface area is 152 Å². The molecule has 6 heteroatoms. The third-order valence-electron chi connectivity index (χ3n) is 4.98. The third kappa shape index (κ3) is 3.36. The molecule has 1 saturated heterocycles. The molecule has 0 unspecified atom stereocenters. The van der Waals surface area contributed by atoms with Crippen molar-refractivity contribution in [3.05, 3.63) is 47.1 Å². The maximum atomic E-state index is 12.3. The van der Waals surface area contributed by atoms with Gasteiger partial charge in [0.05, 0.1) is 5.92 Å². The third-order valence-corrected chi connectivity index (χ3v) is 4.98. The summed E-state index contributed by atoms with van der Waals surface area (Å²) in [5.74, 6) is -1.96. The lowest BCUT2D eigenvalue weighted by molar-refractivity contribution is -0.148. The normalized spacial score (nSPS) is 33.5. The van der Waals surface area contributed by atoms with E-state index in [1.807, 2.05) is 13.0 Å². The average Bonchev–Trinajstić information content (AvgIpc) is 3.04. The Morgan fingerprint density at radius 1 is 1.23 bits per heavy atom. The molecule has 0 radical (unpaired) electrons. The molecule has 26 heavy (non-hydrogen) atoms. The summed E-state index contributed by atoms with van der Waals surface area (Å²) in [4.78, 5) is 36.6. The Balaban J connectivity index is 2.00. The Kier molecular flexibility index (Phi) is 4.85. The van der Waals surface area contributed by atoms with Crippen molar-refractivity contribution in [3.63, 3.8) is 0 Å². The molecule has 3 rings (SSSR count). The van der Waals surface area contributed by atoms with E-state index in [4.69, 9.17) is 14.2 Å². The fourth-order valence-electron chi connectivity index (χ4n) is 3.44. The molecule has 2 aliphatic heterocycles. The van der Waals surface area contributed by atoms with Crippen LogP contribution in [0.4, 0.5) is 0 Å². The van der Waals surface area contributed by atoms with Gasteiger partial charge in [-0.2, -0.15) is 0 Å². The van der Waals surface area contributed by atoms with E-state index in [1.165, 1.54) is 0 Å². The molecule has 2 bridgehead atoms. The number of hydrogen-bond acceptors (Lipinski definition) is 6. The Morgan fingerprint density at radius 2 is 1.96 bits per heavy atom. The molecule has 6 nitrogen and oxygen atoms in total. The van der Waals surface area contributed by atoms with Crippen LogP contribution in [0.3, 0.4) is 0 Å². The first-order valence-electron chi connectivity index (χ1n) is 8.62. The SMILES string of the molecule is C=C1C(=O)O[C@H]2/C=C(/C)C[C@@H]3C=C(C[C@@H](OC(=O)/C(C)=C\C)[C@H]12)C(=O)O3. The van der Waals surface area contributed by atoms with Crippen LogP contribution in [0, 0.1) is 5.92 Å². The average molecular weight is 358 g/mol. The lowest BCUT2D eigenvalue weighted by Gasteiger charge is -2.26. The van der Waals surface area contributed by atoms with Gasteiger partial charge in [0.25, 0.3) is 0 Å². The van der Waals surface area contributed by atoms with Crippen LogP contribution in [0.25, 0.3) is 0 Å². The summed E-state index contributed by atoms with van der Waals surface area (Å²) in [5, 5.41) is 0. The van der Waals surface area contributed by atoms with Gasteiger partial charge in [-0.1, -0.05) is 18.2 Å². The van der Waals surface area contributed by atoms with Crippen molar-refractivity contribution in [3.8, 4) is 0 Å². The van der Waals surface area contributed by atoms with Crippen molar-refractivity contribution < 1.29 is 28.6 Å². The number of ether oxygens (including phenoxy) is 3. The van der Waals surface area contributed by atoms with Gasteiger partial charge in [-0.25, -0.2) is 14.4 Å². The number of rotatable bonds is 2. The minimum atomic E-state index is -0.749. The van der Waals surface area contributed by atoms with E-state index < -0.39 is 36.0 Å². The van der Waals surface area contributed by atoms with Crippen LogP contribution >= 0.6 is 0 Å². The molecule has 138 valence electrons. The van der Waals surface area contributed by atoms with Crippen LogP contribution in [0.1, 0.15) is 33.6 Å². The highest BCUT2D eigenvalue weighted by atomic mass is 16.6. The minimum absolute atomic E-state index is 0.155. The van der Waals surface area contributed by atoms with E-state index in [9.17, 15) is 14.4 Å². The van der Waals surface area contributed by atoms with E-state index in [-0.39, 0.29) is 18.1 Å². The van der Waals surface area contributed by atoms with Crippen LogP contribution in [0.2, 0.25) is 0 Å². The smallest absolute Gasteiger partial charge is 0.334 e. The van der Waals surface area contributed by atoms with E-state index in [0.717, 1.165) is 5.57 Å². The van der Waals surface area contributed by atoms with Gasteiger partial charge >= 0.3 is 17.9 Å². The van der Waals surface area contributed by atoms with Crippen molar-refractivity contribution in [2.24, 2.45) is 5.92 Å². The molecule has 0 aromatic carbocycles. The van der Waals surface area contributed by atoms with Crippen LogP contribution < -0.4 is 0 Å². The highest BCUT2D eigenvalue weighted by molar-refractivity contribution is 5.93. The van der Waals surface area contributed by atoms with Crippen LogP contribution in [0.15, 0.2) is 47.1 Å². The first-order valence-corrected chi connectivity index (χ1v) is 8.62. The molecule has 3 aliphatic rings. The predicted octanol–water partition coefficient (Wildman–Crippen LogP) is 2.55. The Bertz CT molecular complexity index is 769. The van der Waals surface area contributed by atoms with E-state index in [2.05, 4.69) is 6.58 Å². The lowest BCUT2D eigenvalue weighted by Crippen LogP contribution is -2.34. The summed E-state index contributed by atoms with van der Waals surface area (Å²) >= 11 is 0. The van der Waals surface area contributed by atoms with Crippen LogP contribution in [-0.4, -0.2) is 36.2 Å². The standard InChI is InChI=1S/C20H22O6/c1-5-11(3)18(21)25-16-9-13-8-14(24-20(13)23)6-10(2)7-15-17(16)12(4)19(22)26-15/h5,7-8,14-17H,4,6,9H2,1-3H3/b10-7-,11-5-/t14-,15+,16-,17-/m1/s1. The van der Waals surface area contributed by atoms with Crippen molar-refractivity contribution >= 4 is 17.9 Å². The van der Waals surface area contributed by atoms with Crippen molar-refractivity contribution in [2.75, 3.05) is 0 Å². The summed E-state index contributed by atoms with van der Waals surface area (Å²) in [6, 6.07) is 0. The molecule has 0 aromatic rings. The molecular formula is C20H22O6. The quantitative estimate of drug-likeness (QED) is 0.327. The minimum Gasteiger partial charge on any atom is -0.458 e. The number of carbonyl (C=O) groups excluding carboxylic acids is 3. The van der Waals surface area contributed by atoms with Gasteiger partial charge in [0.2, 0.25) is 0 Å². The first kappa shape index (κ1) is 18.2. The monoisotopic (exact) mass is 358 g/mol. The Morgan fingerprint density at radius 3 is 2.65 bits per heavy atom. The van der Waals surface area contributed by atoms with Crippen LogP contribution in [0.5, 0.6) is 0 Å². The zero-order valence-corrected chi connectivity index (χ0v) is 15.1. The van der Waals surface area contributed by atoms with Crippen molar-refractivity contribution in [1.29, 1.82) is 0 Å². The topological polar surface area (TPSA) is 78.9 Å². The molecule has 0 amide bonds. The highest BCUT2D eigenvalue weighted by Gasteiger charge is 2.46. The van der Waals surface area contributed by atoms with Crippen LogP contribution in [-0.2, 0) is 28.6 Å². The molecule has 0 N–H and O–H groups in total. The van der Waals surface area contributed by atoms with Gasteiger partial charge in [-0.05, 0) is 32.9 Å². The maximum Gasteiger partial charge on any atom is 0.334 e. The number of fused-ring (bicyclic) bond motifs is 2. The second kappa shape index (κ2) is 6.94. The first-order chi connectivity index (χ1) is 12.3. The Hall–Kier alpha value is -2.63. The molecule has 0 spiro atoms. The number of esters is 3. The van der Waals surface area contributed by atoms with E-state index >= 15 is 0 Å². The largest absolute Gasteiger partial charge is 0.458 e. The van der Waals surface area contributed by atoms with E-state index in [0.29, 0.717) is 17.6 Å². The molecule has 4 atom stereocenters. The van der Waals surface area contributed by atoms with E-state index in [1.54, 1.807) is 26.0 Å². The lowest BCUT2D eigenvalue weighted by atomic mass is 9.85. The molecule has 1 fully saturated rings. The number of hydrogen-bond donors (Lipinski definition) is 0. The molecule has 1 aliphatic carbocycles. The zero-order chi connectivity index (χ0) is 19.0. The van der Waals surface area contributed by atoms with Gasteiger partial charge < -0.3 is 14.2 Å². The summed E-state index contributed by atoms with van der Waals surface area (Å²) in [7, 11) is 0. The van der Waals surface area contributed by atoms with Gasteiger partial charge in [-0.3, -0.25) is 0 Å². The fourth-order valence-corrected chi connectivity index (χ4v) is 3.44. The van der Waals surface area contributed by atoms with Gasteiger partial charge in [0, 0.05) is 29.6 Å². The molecule has 0 aromatic heterocycles. The van der Waals surface area contributed by atoms with Gasteiger partial charge in [-0.15, -0.1) is 0 Å². The summed E-state index contributed by atoms with van der Waals surface area (Å²) in [5.41, 5.74) is 2.07. The highest BCUT2D eigenvalue weighted by Crippen LogP contribution is 2.38. The van der Waals surface area contributed by atoms with Crippen molar-refractivity contribution in [2.45, 2.75) is 51.9 Å². The summed E-state index contributed by atoms with van der Waals surface area (Å²) in [6.07, 6.45) is 4.26. The predicted molar refractivity (Wildman–Crippen MR) is 92.8 cm³/mol. The number of carbonyl (C=O) groups is 3. The second-order valence-electron chi connectivity index (χ2n) is 6.89. The fraction of sp³-hybridized carbons (Fsp3) is 0.450. The second-order valence-corrected chi connectivity index (χ2v) is 6.89. The van der Waals surface area contributed by atoms with Gasteiger partial charge in [0.1, 0.15) is 18.3 Å². The molecule has 2 heterocycles. The van der Waals surface area contributed by atoms with Gasteiger partial charge in [0.15, 0.2) is 0 Å². The maximum absolute atomic E-state index is 12.3. The molecule has 0 saturated carbocycles. The zero-order valence-electron chi connectivity index (χ0n) is 15.1. The summed E-state index contributed by atoms with van der Waals surface area (Å²) < 4.78 is 16.5. The number of allylic oxidation sites excluding steroid dienone is 1. The molecular weight excluding hydrogens is 336 g/mol. The van der Waals surface area contributed by atoms with Crippen molar-refractivity contribution in [1.82, 2.24) is 0 Å². The summed E-state index contributed by atoms with van der Waals surface area (Å²) in [6.45, 7) is 9.10.